The maximum atomic E-state index is 5.21. The number of rotatable bonds is 3. The van der Waals surface area contributed by atoms with Gasteiger partial charge in [-0.3, -0.25) is 0 Å². The molecule has 0 aromatic carbocycles. The smallest absolute Gasteiger partial charge is 0.00773 e. The Morgan fingerprint density at radius 2 is 1.25 bits per heavy atom. The Bertz CT molecular complexity index is 51.9. The quantitative estimate of drug-likeness (QED) is 0.646. The van der Waals surface area contributed by atoms with Gasteiger partial charge < -0.3 is 5.73 Å². The van der Waals surface area contributed by atoms with Crippen LogP contribution in [0.3, 0.4) is 0 Å². The zero-order valence-corrected chi connectivity index (χ0v) is 8.65. The zero-order valence-electron chi connectivity index (χ0n) is 8.65. The van der Waals surface area contributed by atoms with Gasteiger partial charge in [0.2, 0.25) is 0 Å². The molecule has 0 spiro atoms. The molecule has 0 bridgehead atoms. The summed E-state index contributed by atoms with van der Waals surface area (Å²) in [6.07, 6.45) is 12.8. The first kappa shape index (κ1) is 12.0. The first-order valence-corrected chi connectivity index (χ1v) is 5.62. The molecule has 2 N–H and O–H groups in total. The summed E-state index contributed by atoms with van der Waals surface area (Å²) in [4.78, 5) is 0. The second-order valence-electron chi connectivity index (χ2n) is 3.62. The van der Waals surface area contributed by atoms with Gasteiger partial charge in [0.05, 0.1) is 0 Å². The first-order chi connectivity index (χ1) is 5.91. The van der Waals surface area contributed by atoms with Crippen molar-refractivity contribution >= 4 is 0 Å². The molecule has 1 heteroatoms. The third kappa shape index (κ3) is 9.96. The molecule has 0 aliphatic heterocycles. The van der Waals surface area contributed by atoms with Crippen molar-refractivity contribution in [2.75, 3.05) is 6.54 Å². The Morgan fingerprint density at radius 1 is 0.833 bits per heavy atom. The van der Waals surface area contributed by atoms with Gasteiger partial charge in [0.25, 0.3) is 0 Å². The Kier molecular flexibility index (Phi) is 10.9. The number of nitrogens with two attached hydrogens (primary N) is 1. The minimum atomic E-state index is 0.855. The molecule has 0 aromatic rings. The van der Waals surface area contributed by atoms with E-state index >= 15 is 0 Å². The molecule has 0 aromatic heterocycles. The summed E-state index contributed by atoms with van der Waals surface area (Å²) < 4.78 is 0. The summed E-state index contributed by atoms with van der Waals surface area (Å²) >= 11 is 0. The monoisotopic (exact) mass is 171 g/mol. The fraction of sp³-hybridized carbons (Fsp3) is 1.00. The molecular weight excluding hydrogens is 146 g/mol. The molecule has 1 aliphatic carbocycles. The van der Waals surface area contributed by atoms with Crippen molar-refractivity contribution in [2.24, 2.45) is 5.73 Å². The Hall–Kier alpha value is -0.0400. The van der Waals surface area contributed by atoms with Crippen LogP contribution < -0.4 is 5.73 Å². The van der Waals surface area contributed by atoms with Crippen LogP contribution in [0.15, 0.2) is 0 Å². The molecule has 12 heavy (non-hydrogen) atoms. The summed E-state index contributed by atoms with van der Waals surface area (Å²) in [6, 6.07) is 0. The molecule has 0 atom stereocenters. The van der Waals surface area contributed by atoms with Crippen molar-refractivity contribution in [2.45, 2.75) is 64.7 Å². The van der Waals surface area contributed by atoms with Crippen molar-refractivity contribution < 1.29 is 0 Å². The van der Waals surface area contributed by atoms with Crippen LogP contribution >= 0.6 is 0 Å². The average Bonchev–Trinajstić information content (AvgIpc) is 2.18. The van der Waals surface area contributed by atoms with E-state index < -0.39 is 0 Å². The van der Waals surface area contributed by atoms with Crippen LogP contribution in [0, 0.1) is 0 Å². The molecule has 0 unspecified atom stereocenters. The lowest BCUT2D eigenvalue weighted by molar-refractivity contribution is 0.504. The molecule has 1 nitrogen and oxygen atoms in total. The van der Waals surface area contributed by atoms with Gasteiger partial charge >= 0.3 is 0 Å². The van der Waals surface area contributed by atoms with Gasteiger partial charge in [-0.2, -0.15) is 0 Å². The second-order valence-corrected chi connectivity index (χ2v) is 3.62. The van der Waals surface area contributed by atoms with E-state index in [4.69, 9.17) is 5.73 Å². The second kappa shape index (κ2) is 11.0. The minimum absolute atomic E-state index is 0.855. The van der Waals surface area contributed by atoms with Gasteiger partial charge in [0.1, 0.15) is 0 Å². The van der Waals surface area contributed by atoms with Gasteiger partial charge in [0.15, 0.2) is 0 Å². The van der Waals surface area contributed by atoms with E-state index in [-0.39, 0.29) is 0 Å². The molecule has 0 heterocycles. The Balaban J connectivity index is 0.000000202. The van der Waals surface area contributed by atoms with E-state index in [0.717, 1.165) is 6.54 Å². The lowest BCUT2D eigenvalue weighted by atomic mass is 10.0. The van der Waals surface area contributed by atoms with Gasteiger partial charge in [-0.05, 0) is 13.0 Å². The van der Waals surface area contributed by atoms with Crippen LogP contribution in [0.2, 0.25) is 0 Å². The molecular formula is C11H25N. The summed E-state index contributed by atoms with van der Waals surface area (Å²) in [7, 11) is 0. The number of unbranched alkanes of at least 4 members (excludes halogenated alkanes) is 2. The van der Waals surface area contributed by atoms with Gasteiger partial charge in [-0.15, -0.1) is 0 Å². The molecule has 1 saturated carbocycles. The molecule has 1 fully saturated rings. The lowest BCUT2D eigenvalue weighted by Gasteiger charge is -2.05. The highest BCUT2D eigenvalue weighted by Gasteiger charge is 1.95. The standard InChI is InChI=1S/C6H12.C5H13N/c1-2-4-6-5-3-1;1-2-3-4-5-6/h1-6H2;2-6H2,1H3. The van der Waals surface area contributed by atoms with Crippen LogP contribution in [0.1, 0.15) is 64.7 Å². The third-order valence-corrected chi connectivity index (χ3v) is 2.31. The highest BCUT2D eigenvalue weighted by molar-refractivity contribution is 4.51. The van der Waals surface area contributed by atoms with Crippen LogP contribution in [0.4, 0.5) is 0 Å². The highest BCUT2D eigenvalue weighted by Crippen LogP contribution is 2.15. The fourth-order valence-corrected chi connectivity index (χ4v) is 1.45. The maximum Gasteiger partial charge on any atom is -0.00773 e. The summed E-state index contributed by atoms with van der Waals surface area (Å²) in [5, 5.41) is 0. The van der Waals surface area contributed by atoms with Crippen molar-refractivity contribution in [3.8, 4) is 0 Å². The lowest BCUT2D eigenvalue weighted by Crippen LogP contribution is -1.96. The normalized spacial score (nSPS) is 16.5. The first-order valence-electron chi connectivity index (χ1n) is 5.62. The van der Waals surface area contributed by atoms with Gasteiger partial charge in [-0.25, -0.2) is 0 Å². The van der Waals surface area contributed by atoms with Crippen LogP contribution in [-0.4, -0.2) is 6.54 Å². The molecule has 74 valence electrons. The number of hydrogen-bond donors (Lipinski definition) is 1. The molecule has 0 amide bonds. The zero-order chi connectivity index (χ0) is 9.07. The van der Waals surface area contributed by atoms with Crippen molar-refractivity contribution in [1.29, 1.82) is 0 Å². The topological polar surface area (TPSA) is 26.0 Å². The maximum absolute atomic E-state index is 5.21. The van der Waals surface area contributed by atoms with E-state index in [0.29, 0.717) is 0 Å². The summed E-state index contributed by atoms with van der Waals surface area (Å²) in [6.45, 7) is 3.03. The SMILES string of the molecule is C1CCCCC1.CCCCCN. The van der Waals surface area contributed by atoms with Crippen LogP contribution in [0.25, 0.3) is 0 Å². The Morgan fingerprint density at radius 3 is 1.42 bits per heavy atom. The van der Waals surface area contributed by atoms with Crippen LogP contribution in [-0.2, 0) is 0 Å². The van der Waals surface area contributed by atoms with Crippen molar-refractivity contribution in [3.63, 3.8) is 0 Å². The molecule has 1 rings (SSSR count). The summed E-state index contributed by atoms with van der Waals surface area (Å²) in [5.41, 5.74) is 5.21. The van der Waals surface area contributed by atoms with Crippen molar-refractivity contribution in [3.05, 3.63) is 0 Å². The average molecular weight is 171 g/mol. The number of hydrogen-bond acceptors (Lipinski definition) is 1. The predicted octanol–water partition coefficient (Wildman–Crippen LogP) is 3.48. The van der Waals surface area contributed by atoms with Gasteiger partial charge in [0, 0.05) is 0 Å². The van der Waals surface area contributed by atoms with E-state index in [1.807, 2.05) is 0 Å². The molecule has 0 radical (unpaired) electrons. The predicted molar refractivity (Wildman–Crippen MR) is 56.3 cm³/mol. The van der Waals surface area contributed by atoms with E-state index in [9.17, 15) is 0 Å². The van der Waals surface area contributed by atoms with E-state index in [2.05, 4.69) is 6.92 Å². The summed E-state index contributed by atoms with van der Waals surface area (Å²) in [5.74, 6) is 0. The largest absolute Gasteiger partial charge is 0.330 e. The van der Waals surface area contributed by atoms with Crippen LogP contribution in [0.5, 0.6) is 0 Å². The van der Waals surface area contributed by atoms with E-state index in [1.165, 1.54) is 57.8 Å². The van der Waals surface area contributed by atoms with Gasteiger partial charge in [-0.1, -0.05) is 58.3 Å². The Labute approximate surface area is 77.7 Å². The molecule has 1 aliphatic rings. The van der Waals surface area contributed by atoms with Crippen molar-refractivity contribution in [1.82, 2.24) is 0 Å². The van der Waals surface area contributed by atoms with E-state index in [1.54, 1.807) is 0 Å². The highest BCUT2D eigenvalue weighted by atomic mass is 14.5. The minimum Gasteiger partial charge on any atom is -0.330 e. The third-order valence-electron chi connectivity index (χ3n) is 2.31. The fourth-order valence-electron chi connectivity index (χ4n) is 1.45. The molecule has 0 saturated heterocycles.